The first-order valence-electron chi connectivity index (χ1n) is 8.99. The van der Waals surface area contributed by atoms with E-state index in [4.69, 9.17) is 15.8 Å². The van der Waals surface area contributed by atoms with Gasteiger partial charge >= 0.3 is 10.1 Å². The third-order valence-electron chi connectivity index (χ3n) is 4.40. The van der Waals surface area contributed by atoms with E-state index in [2.05, 4.69) is 10.1 Å². The van der Waals surface area contributed by atoms with Crippen LogP contribution in [0.2, 0.25) is 5.02 Å². The zero-order chi connectivity index (χ0) is 20.6. The molecule has 0 fully saturated rings. The maximum Gasteiger partial charge on any atom is 0.342 e. The first kappa shape index (κ1) is 19.4. The maximum atomic E-state index is 13.1. The largest absolute Gasteiger partial charge is 0.358 e. The second kappa shape index (κ2) is 7.50. The molecule has 0 unspecified atom stereocenters. The number of nitrogens with zero attached hydrogens (tertiary/aromatic N) is 3. The van der Waals surface area contributed by atoms with Crippen molar-refractivity contribution in [2.45, 2.75) is 24.7 Å². The highest BCUT2D eigenvalue weighted by Gasteiger charge is 2.24. The zero-order valence-electron chi connectivity index (χ0n) is 15.8. The Hall–Kier alpha value is -2.90. The minimum atomic E-state index is -4.15. The highest BCUT2D eigenvalue weighted by atomic mass is 35.5. The highest BCUT2D eigenvalue weighted by Crippen LogP contribution is 2.29. The summed E-state index contributed by atoms with van der Waals surface area (Å²) in [6.07, 6.45) is 1.55. The minimum absolute atomic E-state index is 0.000501. The number of rotatable bonds is 5. The Kier molecular flexibility index (Phi) is 5.02. The smallest absolute Gasteiger partial charge is 0.342 e. The van der Waals surface area contributed by atoms with Crippen molar-refractivity contribution in [3.05, 3.63) is 77.6 Å². The minimum Gasteiger partial charge on any atom is -0.358 e. The molecule has 0 atom stereocenters. The molecule has 29 heavy (non-hydrogen) atoms. The lowest BCUT2D eigenvalue weighted by atomic mass is 10.1. The van der Waals surface area contributed by atoms with Crippen LogP contribution in [-0.2, 0) is 10.1 Å². The number of hydrogen-bond acceptors (Lipinski definition) is 5. The number of benzene rings is 2. The third-order valence-corrected chi connectivity index (χ3v) is 5.89. The van der Waals surface area contributed by atoms with E-state index in [1.807, 2.05) is 13.8 Å². The molecular weight excluding hydrogens is 410 g/mol. The number of hydrogen-bond donors (Lipinski definition) is 0. The van der Waals surface area contributed by atoms with Crippen molar-refractivity contribution in [1.82, 2.24) is 14.8 Å². The van der Waals surface area contributed by atoms with Crippen molar-refractivity contribution in [1.29, 1.82) is 0 Å². The van der Waals surface area contributed by atoms with Gasteiger partial charge in [-0.3, -0.25) is 4.98 Å². The molecule has 0 aliphatic carbocycles. The summed E-state index contributed by atoms with van der Waals surface area (Å²) < 4.78 is 33.2. The molecule has 0 spiro atoms. The second-order valence-corrected chi connectivity index (χ2v) is 8.77. The molecule has 0 amide bonds. The number of aromatic nitrogens is 3. The summed E-state index contributed by atoms with van der Waals surface area (Å²) in [5.41, 5.74) is 1.66. The van der Waals surface area contributed by atoms with Crippen LogP contribution in [0.4, 0.5) is 0 Å². The summed E-state index contributed by atoms with van der Waals surface area (Å²) >= 11 is 6.10. The molecule has 148 valence electrons. The fraction of sp³-hybridized carbons (Fsp3) is 0.143. The number of pyridine rings is 1. The van der Waals surface area contributed by atoms with E-state index >= 15 is 0 Å². The van der Waals surface area contributed by atoms with E-state index in [1.54, 1.807) is 60.8 Å². The predicted molar refractivity (Wildman–Crippen MR) is 112 cm³/mol. The summed E-state index contributed by atoms with van der Waals surface area (Å²) in [4.78, 5) is 4.22. The van der Waals surface area contributed by atoms with Gasteiger partial charge < -0.3 is 4.18 Å². The Labute approximate surface area is 173 Å². The molecule has 0 saturated carbocycles. The molecule has 2 aromatic heterocycles. The van der Waals surface area contributed by atoms with E-state index in [0.717, 1.165) is 0 Å². The quantitative estimate of drug-likeness (QED) is 0.420. The van der Waals surface area contributed by atoms with Crippen molar-refractivity contribution >= 4 is 32.6 Å². The van der Waals surface area contributed by atoms with Crippen LogP contribution in [-0.4, -0.2) is 23.2 Å². The zero-order valence-corrected chi connectivity index (χ0v) is 17.4. The van der Waals surface area contributed by atoms with Gasteiger partial charge in [0, 0.05) is 22.7 Å². The Morgan fingerprint density at radius 2 is 1.79 bits per heavy atom. The monoisotopic (exact) mass is 427 g/mol. The van der Waals surface area contributed by atoms with Gasteiger partial charge in [-0.25, -0.2) is 0 Å². The Morgan fingerprint density at radius 1 is 1.03 bits per heavy atom. The molecule has 2 heterocycles. The summed E-state index contributed by atoms with van der Waals surface area (Å²) in [6, 6.07) is 17.1. The molecular formula is C21H18ClN3O3S. The van der Waals surface area contributed by atoms with Crippen molar-refractivity contribution in [2.24, 2.45) is 0 Å². The number of halogens is 1. The molecule has 0 aliphatic rings. The lowest BCUT2D eigenvalue weighted by molar-refractivity contribution is 0.465. The van der Waals surface area contributed by atoms with Gasteiger partial charge in [-0.05, 0) is 36.2 Å². The molecule has 4 rings (SSSR count). The predicted octanol–water partition coefficient (Wildman–Crippen LogP) is 4.97. The Balaban J connectivity index is 1.83. The van der Waals surface area contributed by atoms with Crippen molar-refractivity contribution in [3.63, 3.8) is 0 Å². The summed E-state index contributed by atoms with van der Waals surface area (Å²) in [5, 5.41) is 5.74. The van der Waals surface area contributed by atoms with E-state index in [1.165, 1.54) is 10.7 Å². The van der Waals surface area contributed by atoms with Crippen LogP contribution in [0.5, 0.6) is 5.88 Å². The Morgan fingerprint density at radius 3 is 2.55 bits per heavy atom. The van der Waals surface area contributed by atoms with Gasteiger partial charge in [0.15, 0.2) is 0 Å². The van der Waals surface area contributed by atoms with E-state index in [9.17, 15) is 8.42 Å². The van der Waals surface area contributed by atoms with E-state index < -0.39 is 10.1 Å². The topological polar surface area (TPSA) is 74.1 Å². The molecule has 6 nitrogen and oxygen atoms in total. The number of fused-ring (bicyclic) bond motifs is 1. The van der Waals surface area contributed by atoms with Crippen LogP contribution in [0.15, 0.2) is 71.8 Å². The number of para-hydroxylation sites is 1. The molecule has 8 heteroatoms. The standard InChI is InChI=1S/C21H18ClN3O3S/c1-14(2)18-13-20(25(24-18)17-9-4-8-16(22)12-17)28-29(26,27)19-10-3-6-15-7-5-11-23-21(15)19/h3-14H,1-2H3. The van der Waals surface area contributed by atoms with E-state index in [0.29, 0.717) is 27.3 Å². The normalized spacial score (nSPS) is 11.9. The molecule has 0 N–H and O–H groups in total. The van der Waals surface area contributed by atoms with Gasteiger partial charge in [0.05, 0.1) is 16.9 Å². The van der Waals surface area contributed by atoms with Crippen LogP contribution in [0, 0.1) is 0 Å². The first-order valence-corrected chi connectivity index (χ1v) is 10.8. The summed E-state index contributed by atoms with van der Waals surface area (Å²) in [6.45, 7) is 3.94. The van der Waals surface area contributed by atoms with Crippen LogP contribution >= 0.6 is 11.6 Å². The molecule has 0 radical (unpaired) electrons. The fourth-order valence-corrected chi connectivity index (χ4v) is 4.22. The van der Waals surface area contributed by atoms with Crippen molar-refractivity contribution in [2.75, 3.05) is 0 Å². The lowest BCUT2D eigenvalue weighted by Gasteiger charge is -2.11. The second-order valence-electron chi connectivity index (χ2n) is 6.82. The summed E-state index contributed by atoms with van der Waals surface area (Å²) in [5.74, 6) is 0.170. The van der Waals surface area contributed by atoms with Crippen molar-refractivity contribution in [3.8, 4) is 11.6 Å². The average Bonchev–Trinajstić information content (AvgIpc) is 3.11. The van der Waals surface area contributed by atoms with Gasteiger partial charge in [-0.15, -0.1) is 0 Å². The third kappa shape index (κ3) is 3.83. The molecule has 0 saturated heterocycles. The Bertz CT molecular complexity index is 1290. The van der Waals surface area contributed by atoms with Crippen LogP contribution in [0.3, 0.4) is 0 Å². The van der Waals surface area contributed by atoms with Crippen LogP contribution in [0.25, 0.3) is 16.6 Å². The van der Waals surface area contributed by atoms with Gasteiger partial charge in [-0.2, -0.15) is 18.2 Å². The SMILES string of the molecule is CC(C)c1cc(OS(=O)(=O)c2cccc3cccnc23)n(-c2cccc(Cl)c2)n1. The molecule has 2 aromatic carbocycles. The van der Waals surface area contributed by atoms with E-state index in [-0.39, 0.29) is 16.7 Å². The molecule has 0 aliphatic heterocycles. The average molecular weight is 428 g/mol. The molecule has 0 bridgehead atoms. The summed E-state index contributed by atoms with van der Waals surface area (Å²) in [7, 11) is -4.15. The van der Waals surface area contributed by atoms with Gasteiger partial charge in [0.2, 0.25) is 5.88 Å². The van der Waals surface area contributed by atoms with Crippen LogP contribution < -0.4 is 4.18 Å². The van der Waals surface area contributed by atoms with Crippen molar-refractivity contribution < 1.29 is 12.6 Å². The fourth-order valence-electron chi connectivity index (χ4n) is 2.95. The molecule has 4 aromatic rings. The highest BCUT2D eigenvalue weighted by molar-refractivity contribution is 7.87. The first-order chi connectivity index (χ1) is 13.8. The van der Waals surface area contributed by atoms with Crippen LogP contribution in [0.1, 0.15) is 25.5 Å². The maximum absolute atomic E-state index is 13.1. The van der Waals surface area contributed by atoms with Gasteiger partial charge in [0.1, 0.15) is 4.90 Å². The lowest BCUT2D eigenvalue weighted by Crippen LogP contribution is -2.13. The van der Waals surface area contributed by atoms with Gasteiger partial charge in [0.25, 0.3) is 0 Å². The van der Waals surface area contributed by atoms with Gasteiger partial charge in [-0.1, -0.05) is 49.7 Å².